The fourth-order valence-electron chi connectivity index (χ4n) is 2.75. The quantitative estimate of drug-likeness (QED) is 0.693. The van der Waals surface area contributed by atoms with Crippen LogP contribution in [-0.2, 0) is 6.18 Å². The summed E-state index contributed by atoms with van der Waals surface area (Å²) in [7, 11) is 0. The van der Waals surface area contributed by atoms with Crippen LogP contribution in [0.2, 0.25) is 0 Å². The average molecular weight is 349 g/mol. The van der Waals surface area contributed by atoms with Crippen molar-refractivity contribution >= 4 is 33.0 Å². The third-order valence-electron chi connectivity index (χ3n) is 3.78. The molecule has 0 saturated carbocycles. The van der Waals surface area contributed by atoms with Gasteiger partial charge in [0.25, 0.3) is 5.91 Å². The Labute approximate surface area is 138 Å². The number of benzene rings is 1. The lowest BCUT2D eigenvalue weighted by atomic mass is 10.1. The summed E-state index contributed by atoms with van der Waals surface area (Å²) >= 11 is 1.30. The molecule has 0 saturated heterocycles. The van der Waals surface area contributed by atoms with E-state index in [1.54, 1.807) is 0 Å². The number of anilines is 1. The Balaban J connectivity index is 1.83. The molecule has 1 amide bonds. The highest BCUT2D eigenvalue weighted by molar-refractivity contribution is 7.21. The maximum atomic E-state index is 13.2. The molecule has 0 unspecified atom stereocenters. The van der Waals surface area contributed by atoms with Crippen molar-refractivity contribution in [3.8, 4) is 0 Å². The zero-order valence-electron chi connectivity index (χ0n) is 12.0. The van der Waals surface area contributed by atoms with Crippen LogP contribution < -0.4 is 10.6 Å². The summed E-state index contributed by atoms with van der Waals surface area (Å²) < 4.78 is 40.5. The summed E-state index contributed by atoms with van der Waals surface area (Å²) in [6, 6.07) is 9.54. The topological polar surface area (TPSA) is 54.0 Å². The van der Waals surface area contributed by atoms with Gasteiger partial charge in [-0.25, -0.2) is 0 Å². The lowest BCUT2D eigenvalue weighted by Crippen LogP contribution is -2.39. The molecule has 0 radical (unpaired) electrons. The van der Waals surface area contributed by atoms with E-state index in [1.165, 1.54) is 23.6 Å². The van der Waals surface area contributed by atoms with Gasteiger partial charge in [0.1, 0.15) is 11.0 Å². The Morgan fingerprint density at radius 2 is 1.88 bits per heavy atom. The Kier molecular flexibility index (Phi) is 3.24. The second-order valence-electron chi connectivity index (χ2n) is 5.29. The van der Waals surface area contributed by atoms with Crippen LogP contribution in [0.4, 0.5) is 18.9 Å². The molecule has 2 aromatic heterocycles. The molecule has 1 atom stereocenters. The highest BCUT2D eigenvalue weighted by Crippen LogP contribution is 2.41. The first-order chi connectivity index (χ1) is 11.4. The number of alkyl halides is 3. The van der Waals surface area contributed by atoms with E-state index in [-0.39, 0.29) is 5.69 Å². The SMILES string of the molecule is O=C1N[C@@H](c2ncccc2C(F)(F)F)Nc2c1sc1ccccc21. The van der Waals surface area contributed by atoms with Crippen molar-refractivity contribution in [3.63, 3.8) is 0 Å². The maximum Gasteiger partial charge on any atom is 0.418 e. The summed E-state index contributed by atoms with van der Waals surface area (Å²) in [5.74, 6) is -0.409. The van der Waals surface area contributed by atoms with E-state index in [0.29, 0.717) is 10.6 Å². The van der Waals surface area contributed by atoms with Gasteiger partial charge in [-0.3, -0.25) is 9.78 Å². The summed E-state index contributed by atoms with van der Waals surface area (Å²) in [6.07, 6.45) is -4.31. The maximum absolute atomic E-state index is 13.2. The number of nitrogens with one attached hydrogen (secondary N) is 2. The lowest BCUT2D eigenvalue weighted by Gasteiger charge is -2.27. The van der Waals surface area contributed by atoms with Crippen LogP contribution in [0.1, 0.15) is 27.1 Å². The van der Waals surface area contributed by atoms with Gasteiger partial charge in [0, 0.05) is 16.3 Å². The minimum absolute atomic E-state index is 0.251. The first-order valence-electron chi connectivity index (χ1n) is 7.06. The van der Waals surface area contributed by atoms with Crippen LogP contribution in [0, 0.1) is 0 Å². The van der Waals surface area contributed by atoms with Gasteiger partial charge in [0.15, 0.2) is 0 Å². The van der Waals surface area contributed by atoms with Crippen molar-refractivity contribution in [1.82, 2.24) is 10.3 Å². The number of nitrogens with zero attached hydrogens (tertiary/aromatic N) is 1. The van der Waals surface area contributed by atoms with Crippen molar-refractivity contribution < 1.29 is 18.0 Å². The molecule has 122 valence electrons. The number of rotatable bonds is 1. The molecule has 4 rings (SSSR count). The Bertz CT molecular complexity index is 951. The highest BCUT2D eigenvalue weighted by atomic mass is 32.1. The molecule has 1 aromatic carbocycles. The van der Waals surface area contributed by atoms with Crippen molar-refractivity contribution in [3.05, 3.63) is 58.7 Å². The smallest absolute Gasteiger partial charge is 0.358 e. The number of carbonyl (C=O) groups is 1. The molecule has 0 fully saturated rings. The van der Waals surface area contributed by atoms with Gasteiger partial charge in [-0.15, -0.1) is 11.3 Å². The first-order valence-corrected chi connectivity index (χ1v) is 7.88. The third kappa shape index (κ3) is 2.30. The van der Waals surface area contributed by atoms with E-state index in [9.17, 15) is 18.0 Å². The van der Waals surface area contributed by atoms with E-state index in [0.717, 1.165) is 16.2 Å². The summed E-state index contributed by atoms with van der Waals surface area (Å²) in [6.45, 7) is 0. The summed E-state index contributed by atoms with van der Waals surface area (Å²) in [5.41, 5.74) is -0.576. The fraction of sp³-hybridized carbons (Fsp3) is 0.125. The number of pyridine rings is 1. The molecule has 0 bridgehead atoms. The molecule has 0 spiro atoms. The predicted octanol–water partition coefficient (Wildman–Crippen LogP) is 4.17. The van der Waals surface area contributed by atoms with Crippen molar-refractivity contribution in [2.24, 2.45) is 0 Å². The molecule has 4 nitrogen and oxygen atoms in total. The minimum atomic E-state index is -4.55. The number of halogens is 3. The number of fused-ring (bicyclic) bond motifs is 3. The van der Waals surface area contributed by atoms with Gasteiger partial charge < -0.3 is 10.6 Å². The predicted molar refractivity (Wildman–Crippen MR) is 84.9 cm³/mol. The van der Waals surface area contributed by atoms with Gasteiger partial charge in [0.2, 0.25) is 0 Å². The Morgan fingerprint density at radius 1 is 1.08 bits per heavy atom. The molecule has 8 heteroatoms. The monoisotopic (exact) mass is 349 g/mol. The molecule has 24 heavy (non-hydrogen) atoms. The second kappa shape index (κ2) is 5.20. The Morgan fingerprint density at radius 3 is 2.67 bits per heavy atom. The van der Waals surface area contributed by atoms with Gasteiger partial charge in [-0.2, -0.15) is 13.2 Å². The van der Waals surface area contributed by atoms with Gasteiger partial charge in [0.05, 0.1) is 16.9 Å². The number of amides is 1. The highest BCUT2D eigenvalue weighted by Gasteiger charge is 2.38. The molecule has 1 aliphatic heterocycles. The van der Waals surface area contributed by atoms with Crippen molar-refractivity contribution in [2.45, 2.75) is 12.3 Å². The second-order valence-corrected chi connectivity index (χ2v) is 6.34. The van der Waals surface area contributed by atoms with Crippen LogP contribution in [0.3, 0.4) is 0 Å². The molecule has 2 N–H and O–H groups in total. The number of thiophene rings is 1. The fourth-order valence-corrected chi connectivity index (χ4v) is 3.82. The third-order valence-corrected chi connectivity index (χ3v) is 4.95. The largest absolute Gasteiger partial charge is 0.418 e. The average Bonchev–Trinajstić information content (AvgIpc) is 2.93. The first kappa shape index (κ1) is 14.9. The van der Waals surface area contributed by atoms with Crippen molar-refractivity contribution in [2.75, 3.05) is 5.32 Å². The van der Waals surface area contributed by atoms with E-state index >= 15 is 0 Å². The van der Waals surface area contributed by atoms with Gasteiger partial charge in [-0.05, 0) is 18.2 Å². The Hall–Kier alpha value is -2.61. The number of hydrogen-bond donors (Lipinski definition) is 2. The van der Waals surface area contributed by atoms with E-state index in [4.69, 9.17) is 0 Å². The van der Waals surface area contributed by atoms with Crippen LogP contribution in [0.5, 0.6) is 0 Å². The number of aromatic nitrogens is 1. The zero-order chi connectivity index (χ0) is 16.9. The van der Waals surface area contributed by atoms with Gasteiger partial charge >= 0.3 is 6.18 Å². The molecule has 0 aliphatic carbocycles. The zero-order valence-corrected chi connectivity index (χ0v) is 12.8. The van der Waals surface area contributed by atoms with Crippen molar-refractivity contribution in [1.29, 1.82) is 0 Å². The van der Waals surface area contributed by atoms with Crippen LogP contribution >= 0.6 is 11.3 Å². The van der Waals surface area contributed by atoms with E-state index in [1.807, 2.05) is 24.3 Å². The molecular weight excluding hydrogens is 339 g/mol. The van der Waals surface area contributed by atoms with Crippen LogP contribution in [0.25, 0.3) is 10.1 Å². The molecule has 1 aliphatic rings. The van der Waals surface area contributed by atoms with Gasteiger partial charge in [-0.1, -0.05) is 18.2 Å². The lowest BCUT2D eigenvalue weighted by molar-refractivity contribution is -0.138. The molecule has 3 heterocycles. The van der Waals surface area contributed by atoms with E-state index < -0.39 is 23.8 Å². The molecular formula is C16H10F3N3OS. The van der Waals surface area contributed by atoms with E-state index in [2.05, 4.69) is 15.6 Å². The minimum Gasteiger partial charge on any atom is -0.358 e. The number of carbonyl (C=O) groups excluding carboxylic acids is 1. The molecule has 3 aromatic rings. The van der Waals surface area contributed by atoms with Crippen LogP contribution in [-0.4, -0.2) is 10.9 Å². The normalized spacial score (nSPS) is 17.3. The number of hydrogen-bond acceptors (Lipinski definition) is 4. The van der Waals surface area contributed by atoms with Crippen LogP contribution in [0.15, 0.2) is 42.6 Å². The standard InChI is InChI=1S/C16H10F3N3OS/c17-16(18,19)9-5-3-7-20-12(9)14-21-11-8-4-1-2-6-10(8)24-13(11)15(23)22-14/h1-7,14,21H,(H,22,23)/t14-/m0/s1. The summed E-state index contributed by atoms with van der Waals surface area (Å²) in [4.78, 5) is 16.7. The summed E-state index contributed by atoms with van der Waals surface area (Å²) in [5, 5.41) is 6.36.